The zero-order valence-corrected chi connectivity index (χ0v) is 32.0. The molecule has 0 aliphatic rings. The summed E-state index contributed by atoms with van der Waals surface area (Å²) in [5, 5.41) is 9.63. The molecular formula is C56H35N3. The summed E-state index contributed by atoms with van der Waals surface area (Å²) < 4.78 is 2.36. The van der Waals surface area contributed by atoms with Crippen LogP contribution in [0.2, 0.25) is 0 Å². The highest BCUT2D eigenvalue weighted by molar-refractivity contribution is 6.23. The van der Waals surface area contributed by atoms with Gasteiger partial charge in [-0.1, -0.05) is 164 Å². The maximum atomic E-state index is 5.24. The average Bonchev–Trinajstić information content (AvgIpc) is 3.66. The van der Waals surface area contributed by atoms with Gasteiger partial charge in [0.25, 0.3) is 0 Å². The van der Waals surface area contributed by atoms with E-state index in [1.54, 1.807) is 0 Å². The highest BCUT2D eigenvalue weighted by atomic mass is 15.0. The zero-order chi connectivity index (χ0) is 38.9. The van der Waals surface area contributed by atoms with Gasteiger partial charge in [0.15, 0.2) is 0 Å². The van der Waals surface area contributed by atoms with Crippen molar-refractivity contribution in [3.8, 4) is 50.3 Å². The molecule has 2 aromatic heterocycles. The van der Waals surface area contributed by atoms with E-state index in [1.807, 2.05) is 6.20 Å². The molecule has 12 aromatic rings. The summed E-state index contributed by atoms with van der Waals surface area (Å²) in [5.74, 6) is 0. The molecule has 0 aliphatic carbocycles. The van der Waals surface area contributed by atoms with Crippen molar-refractivity contribution in [2.75, 3.05) is 0 Å². The van der Waals surface area contributed by atoms with Crippen LogP contribution < -0.4 is 0 Å². The van der Waals surface area contributed by atoms with Crippen LogP contribution in [-0.2, 0) is 0 Å². The summed E-state index contributed by atoms with van der Waals surface area (Å²) in [6.45, 7) is 0. The summed E-state index contributed by atoms with van der Waals surface area (Å²) in [4.78, 5) is 10.2. The third kappa shape index (κ3) is 5.51. The first-order valence-corrected chi connectivity index (χ1v) is 20.1. The van der Waals surface area contributed by atoms with Crippen LogP contribution in [0.25, 0.3) is 115 Å². The number of hydrogen-bond acceptors (Lipinski definition) is 2. The van der Waals surface area contributed by atoms with Crippen molar-refractivity contribution >= 4 is 65.2 Å². The minimum absolute atomic E-state index is 0.868. The number of aromatic nitrogens is 3. The van der Waals surface area contributed by atoms with E-state index in [0.29, 0.717) is 0 Å². The molecule has 10 aromatic carbocycles. The maximum absolute atomic E-state index is 5.24. The minimum Gasteiger partial charge on any atom is -0.309 e. The highest BCUT2D eigenvalue weighted by Gasteiger charge is 2.14. The topological polar surface area (TPSA) is 30.7 Å². The van der Waals surface area contributed by atoms with Gasteiger partial charge in [0, 0.05) is 32.8 Å². The molecular weight excluding hydrogens is 715 g/mol. The Labute approximate surface area is 341 Å². The van der Waals surface area contributed by atoms with Crippen LogP contribution >= 0.6 is 0 Å². The second kappa shape index (κ2) is 13.4. The summed E-state index contributed by atoms with van der Waals surface area (Å²) in [6, 6.07) is 74.3. The van der Waals surface area contributed by atoms with Gasteiger partial charge in [-0.05, 0) is 97.4 Å². The average molecular weight is 750 g/mol. The first-order chi connectivity index (χ1) is 29.2. The molecule has 3 heteroatoms. The lowest BCUT2D eigenvalue weighted by molar-refractivity contribution is 1.18. The number of rotatable bonds is 5. The van der Waals surface area contributed by atoms with E-state index in [1.165, 1.54) is 71.2 Å². The summed E-state index contributed by atoms with van der Waals surface area (Å²) in [5.41, 5.74) is 14.5. The maximum Gasteiger partial charge on any atom is 0.0979 e. The molecule has 0 amide bonds. The molecule has 274 valence electrons. The van der Waals surface area contributed by atoms with Gasteiger partial charge < -0.3 is 4.57 Å². The zero-order valence-electron chi connectivity index (χ0n) is 32.0. The van der Waals surface area contributed by atoms with E-state index < -0.39 is 0 Å². The van der Waals surface area contributed by atoms with E-state index >= 15 is 0 Å². The second-order valence-electron chi connectivity index (χ2n) is 15.4. The molecule has 0 fully saturated rings. The van der Waals surface area contributed by atoms with Crippen molar-refractivity contribution in [2.24, 2.45) is 0 Å². The highest BCUT2D eigenvalue weighted by Crippen LogP contribution is 2.37. The van der Waals surface area contributed by atoms with Crippen LogP contribution in [0.4, 0.5) is 0 Å². The van der Waals surface area contributed by atoms with Crippen molar-refractivity contribution in [1.82, 2.24) is 14.5 Å². The third-order valence-corrected chi connectivity index (χ3v) is 12.0. The Morgan fingerprint density at radius 3 is 1.36 bits per heavy atom. The van der Waals surface area contributed by atoms with Crippen LogP contribution in [0.15, 0.2) is 212 Å². The first kappa shape index (κ1) is 33.3. The van der Waals surface area contributed by atoms with Crippen molar-refractivity contribution in [1.29, 1.82) is 0 Å². The van der Waals surface area contributed by atoms with E-state index in [9.17, 15) is 0 Å². The van der Waals surface area contributed by atoms with Crippen LogP contribution in [0, 0.1) is 0 Å². The molecule has 3 nitrogen and oxygen atoms in total. The first-order valence-electron chi connectivity index (χ1n) is 20.1. The predicted molar refractivity (Wildman–Crippen MR) is 248 cm³/mol. The van der Waals surface area contributed by atoms with Crippen LogP contribution in [0.3, 0.4) is 0 Å². The van der Waals surface area contributed by atoms with E-state index in [2.05, 4.69) is 211 Å². The second-order valence-corrected chi connectivity index (χ2v) is 15.4. The Kier molecular flexibility index (Phi) is 7.54. The van der Waals surface area contributed by atoms with Crippen LogP contribution in [0.5, 0.6) is 0 Å². The third-order valence-electron chi connectivity index (χ3n) is 12.0. The van der Waals surface area contributed by atoms with Gasteiger partial charge in [0.2, 0.25) is 0 Å². The Balaban J connectivity index is 0.817. The van der Waals surface area contributed by atoms with Gasteiger partial charge >= 0.3 is 0 Å². The van der Waals surface area contributed by atoms with Gasteiger partial charge in [-0.25, -0.2) is 4.98 Å². The summed E-state index contributed by atoms with van der Waals surface area (Å²) in [7, 11) is 0. The molecule has 0 bridgehead atoms. The molecule has 0 spiro atoms. The normalized spacial score (nSPS) is 11.7. The SMILES string of the molecule is c1cc(-c2ccc3cc(-c4ccc(-c5ccc(-n6c7ccccc7c7ccccc76)cc5)cc4)ccc3c2)cc(-c2cnc3c4ccccc4c4ccccc4c3n2)c1. The van der Waals surface area contributed by atoms with Crippen molar-refractivity contribution in [3.63, 3.8) is 0 Å². The molecule has 59 heavy (non-hydrogen) atoms. The lowest BCUT2D eigenvalue weighted by Crippen LogP contribution is -1.93. The van der Waals surface area contributed by atoms with Crippen LogP contribution in [0.1, 0.15) is 0 Å². The molecule has 0 N–H and O–H groups in total. The van der Waals surface area contributed by atoms with Crippen LogP contribution in [-0.4, -0.2) is 14.5 Å². The molecule has 2 heterocycles. The Morgan fingerprint density at radius 1 is 0.305 bits per heavy atom. The lowest BCUT2D eigenvalue weighted by atomic mass is 9.95. The number of benzene rings is 10. The summed E-state index contributed by atoms with van der Waals surface area (Å²) in [6.07, 6.45) is 1.92. The monoisotopic (exact) mass is 749 g/mol. The molecule has 0 atom stereocenters. The van der Waals surface area contributed by atoms with Gasteiger partial charge in [-0.3, -0.25) is 4.98 Å². The van der Waals surface area contributed by atoms with E-state index in [-0.39, 0.29) is 0 Å². The van der Waals surface area contributed by atoms with Gasteiger partial charge in [0.1, 0.15) is 0 Å². The van der Waals surface area contributed by atoms with Crippen molar-refractivity contribution in [3.05, 3.63) is 212 Å². The van der Waals surface area contributed by atoms with Gasteiger partial charge in [-0.2, -0.15) is 0 Å². The minimum atomic E-state index is 0.868. The molecule has 0 unspecified atom stereocenters. The Morgan fingerprint density at radius 2 is 0.746 bits per heavy atom. The molecule has 0 saturated heterocycles. The number of hydrogen-bond donors (Lipinski definition) is 0. The van der Waals surface area contributed by atoms with Crippen molar-refractivity contribution < 1.29 is 0 Å². The smallest absolute Gasteiger partial charge is 0.0979 e. The fraction of sp³-hybridized carbons (Fsp3) is 0. The fourth-order valence-corrected chi connectivity index (χ4v) is 9.08. The van der Waals surface area contributed by atoms with Gasteiger partial charge in [-0.15, -0.1) is 0 Å². The predicted octanol–water partition coefficient (Wildman–Crippen LogP) is 14.9. The Hall–Kier alpha value is -7.88. The Bertz CT molecular complexity index is 3510. The summed E-state index contributed by atoms with van der Waals surface area (Å²) >= 11 is 0. The van der Waals surface area contributed by atoms with Gasteiger partial charge in [0.05, 0.1) is 34.0 Å². The standard InChI is InChI=1S/C56H35N3/c1-3-16-50-46(12-1)47-13-2-4-17-51(47)56-55(50)57-35-52(58-56)44-11-9-10-39(34-44)41-26-27-42-32-40(24-25-43(42)33-41)38-22-20-36(21-23-38)37-28-30-45(31-29-37)59-53-18-7-5-14-48(53)49-15-6-8-19-54(49)59/h1-35H. The lowest BCUT2D eigenvalue weighted by Gasteiger charge is -2.11. The van der Waals surface area contributed by atoms with E-state index in [0.717, 1.165) is 44.3 Å². The molecule has 0 aliphatic heterocycles. The number of nitrogens with zero attached hydrogens (tertiary/aromatic N) is 3. The molecule has 12 rings (SSSR count). The van der Waals surface area contributed by atoms with E-state index in [4.69, 9.17) is 9.97 Å². The number of fused-ring (bicyclic) bond motifs is 10. The number of para-hydroxylation sites is 2. The fourth-order valence-electron chi connectivity index (χ4n) is 9.08. The largest absolute Gasteiger partial charge is 0.309 e. The quantitative estimate of drug-likeness (QED) is 0.164. The van der Waals surface area contributed by atoms with Crippen molar-refractivity contribution in [2.45, 2.75) is 0 Å². The molecule has 0 saturated carbocycles. The molecule has 0 radical (unpaired) electrons.